The third kappa shape index (κ3) is 6.62. The number of methoxy groups -OCH3 is 1. The van der Waals surface area contributed by atoms with Crippen LogP contribution < -0.4 is 10.1 Å². The first kappa shape index (κ1) is 19.7. The number of β-amino-alcohol motifs (C(OH)–C–C–N with tert-alkyl or cyclic N) is 1. The van der Waals surface area contributed by atoms with Crippen LogP contribution in [-0.2, 0) is 20.8 Å². The fraction of sp³-hybridized carbons (Fsp3) is 0.611. The van der Waals surface area contributed by atoms with Gasteiger partial charge in [-0.3, -0.25) is 9.69 Å². The minimum absolute atomic E-state index is 0.00791. The van der Waals surface area contributed by atoms with Crippen LogP contribution in [0, 0.1) is 0 Å². The number of hydrogen-bond acceptors (Lipinski definition) is 6. The van der Waals surface area contributed by atoms with Crippen LogP contribution in [0.2, 0.25) is 0 Å². The monoisotopic (exact) mass is 352 g/mol. The number of aliphatic hydroxyl groups excluding tert-OH is 1. The summed E-state index contributed by atoms with van der Waals surface area (Å²) >= 11 is 0. The molecule has 2 N–H and O–H groups in total. The molecule has 25 heavy (non-hydrogen) atoms. The maximum Gasteiger partial charge on any atom is 0.246 e. The lowest BCUT2D eigenvalue weighted by atomic mass is 10.2. The molecule has 1 amide bonds. The number of amides is 1. The highest BCUT2D eigenvalue weighted by atomic mass is 16.5. The molecule has 1 aromatic carbocycles. The highest BCUT2D eigenvalue weighted by Gasteiger charge is 2.32. The van der Waals surface area contributed by atoms with Crippen LogP contribution in [0.15, 0.2) is 24.3 Å². The predicted octanol–water partition coefficient (Wildman–Crippen LogP) is 0.410. The van der Waals surface area contributed by atoms with Crippen LogP contribution in [0.3, 0.4) is 0 Å². The van der Waals surface area contributed by atoms with Crippen molar-refractivity contribution in [3.8, 4) is 5.75 Å². The van der Waals surface area contributed by atoms with E-state index in [-0.39, 0.29) is 18.6 Å². The summed E-state index contributed by atoms with van der Waals surface area (Å²) in [6.07, 6.45) is -0.568. The van der Waals surface area contributed by atoms with E-state index in [1.165, 1.54) is 7.11 Å². The number of hydrogen-bond donors (Lipinski definition) is 2. The molecular formula is C18H28N2O5. The van der Waals surface area contributed by atoms with Gasteiger partial charge in [-0.25, -0.2) is 0 Å². The molecule has 7 heteroatoms. The molecule has 0 bridgehead atoms. The van der Waals surface area contributed by atoms with Crippen LogP contribution in [-0.4, -0.2) is 74.7 Å². The smallest absolute Gasteiger partial charge is 0.246 e. The molecule has 0 spiro atoms. The lowest BCUT2D eigenvalue weighted by Gasteiger charge is -2.17. The summed E-state index contributed by atoms with van der Waals surface area (Å²) < 4.78 is 15.6. The summed E-state index contributed by atoms with van der Waals surface area (Å²) in [5.74, 6) is 0.608. The number of ether oxygens (including phenoxy) is 3. The summed E-state index contributed by atoms with van der Waals surface area (Å²) in [6, 6.07) is 7.64. The van der Waals surface area contributed by atoms with E-state index >= 15 is 0 Å². The Morgan fingerprint density at radius 1 is 1.28 bits per heavy atom. The van der Waals surface area contributed by atoms with Crippen LogP contribution in [0.1, 0.15) is 12.5 Å². The van der Waals surface area contributed by atoms with Gasteiger partial charge in [-0.2, -0.15) is 0 Å². The van der Waals surface area contributed by atoms with Gasteiger partial charge in [-0.05, 0) is 24.6 Å². The average Bonchev–Trinajstić information content (AvgIpc) is 2.92. The molecule has 0 aliphatic carbocycles. The van der Waals surface area contributed by atoms with Crippen molar-refractivity contribution in [1.82, 2.24) is 10.2 Å². The van der Waals surface area contributed by atoms with Crippen molar-refractivity contribution in [2.75, 3.05) is 46.6 Å². The van der Waals surface area contributed by atoms with Crippen LogP contribution >= 0.6 is 0 Å². The summed E-state index contributed by atoms with van der Waals surface area (Å²) in [4.78, 5) is 13.7. The molecule has 0 saturated carbocycles. The van der Waals surface area contributed by atoms with Gasteiger partial charge in [0.25, 0.3) is 0 Å². The van der Waals surface area contributed by atoms with Crippen LogP contribution in [0.4, 0.5) is 0 Å². The van der Waals surface area contributed by atoms with Crippen molar-refractivity contribution in [2.24, 2.45) is 0 Å². The Bertz CT molecular complexity index is 523. The van der Waals surface area contributed by atoms with Gasteiger partial charge in [0, 0.05) is 33.4 Å². The molecular weight excluding hydrogens is 324 g/mol. The van der Waals surface area contributed by atoms with E-state index in [1.54, 1.807) is 0 Å². The molecule has 0 radical (unpaired) electrons. The summed E-state index contributed by atoms with van der Waals surface area (Å²) in [5.41, 5.74) is 1.13. The first-order chi connectivity index (χ1) is 12.1. The molecule has 2 atom stereocenters. The third-order valence-corrected chi connectivity index (χ3v) is 4.02. The fourth-order valence-corrected chi connectivity index (χ4v) is 2.83. The number of aliphatic hydroxyl groups is 1. The maximum atomic E-state index is 11.6. The quantitative estimate of drug-likeness (QED) is 0.594. The molecule has 1 aliphatic heterocycles. The van der Waals surface area contributed by atoms with Gasteiger partial charge < -0.3 is 24.6 Å². The van der Waals surface area contributed by atoms with Crippen molar-refractivity contribution in [3.05, 3.63) is 29.8 Å². The van der Waals surface area contributed by atoms with Gasteiger partial charge in [0.05, 0.1) is 18.8 Å². The van der Waals surface area contributed by atoms with Crippen LogP contribution in [0.25, 0.3) is 0 Å². The first-order valence-corrected chi connectivity index (χ1v) is 8.60. The van der Waals surface area contributed by atoms with Gasteiger partial charge >= 0.3 is 0 Å². The Balaban J connectivity index is 1.77. The zero-order valence-corrected chi connectivity index (χ0v) is 14.9. The molecule has 1 aromatic rings. The van der Waals surface area contributed by atoms with E-state index in [9.17, 15) is 9.90 Å². The van der Waals surface area contributed by atoms with Crippen LogP contribution in [0.5, 0.6) is 5.75 Å². The van der Waals surface area contributed by atoms with E-state index in [0.717, 1.165) is 11.3 Å². The SMILES string of the molecule is CCOCCOc1ccc(CN2C[C@@H](O)[C@H](NC(=O)COC)C2)cc1. The highest BCUT2D eigenvalue weighted by molar-refractivity contribution is 5.77. The second kappa shape index (κ2) is 10.4. The summed E-state index contributed by atoms with van der Waals surface area (Å²) in [5, 5.41) is 12.9. The number of nitrogens with zero attached hydrogens (tertiary/aromatic N) is 1. The molecule has 2 rings (SSSR count). The molecule has 0 aromatic heterocycles. The summed E-state index contributed by atoms with van der Waals surface area (Å²) in [6.45, 7) is 5.64. The second-order valence-corrected chi connectivity index (χ2v) is 6.06. The molecule has 140 valence electrons. The predicted molar refractivity (Wildman–Crippen MR) is 93.5 cm³/mol. The number of likely N-dealkylation sites (tertiary alicyclic amines) is 1. The standard InChI is InChI=1S/C18H28N2O5/c1-3-24-8-9-25-15-6-4-14(5-7-15)10-20-11-16(17(21)12-20)19-18(22)13-23-2/h4-7,16-17,21H,3,8-13H2,1-2H3,(H,19,22)/t16-,17-/m1/s1. The fourth-order valence-electron chi connectivity index (χ4n) is 2.83. The van der Waals surface area contributed by atoms with Gasteiger partial charge in [-0.15, -0.1) is 0 Å². The van der Waals surface area contributed by atoms with Gasteiger partial charge in [0.1, 0.15) is 19.0 Å². The Labute approximate surface area is 148 Å². The van der Waals surface area contributed by atoms with E-state index in [0.29, 0.717) is 39.5 Å². The average molecular weight is 352 g/mol. The van der Waals surface area contributed by atoms with Crippen molar-refractivity contribution >= 4 is 5.91 Å². The largest absolute Gasteiger partial charge is 0.491 e. The Morgan fingerprint density at radius 2 is 2.04 bits per heavy atom. The molecule has 0 unspecified atom stereocenters. The van der Waals surface area contributed by atoms with E-state index < -0.39 is 6.10 Å². The highest BCUT2D eigenvalue weighted by Crippen LogP contribution is 2.17. The van der Waals surface area contributed by atoms with Crippen molar-refractivity contribution in [2.45, 2.75) is 25.6 Å². The van der Waals surface area contributed by atoms with Gasteiger partial charge in [-0.1, -0.05) is 12.1 Å². The molecule has 1 heterocycles. The minimum atomic E-state index is -0.568. The Kier molecular flexibility index (Phi) is 8.14. The van der Waals surface area contributed by atoms with Crippen molar-refractivity contribution in [1.29, 1.82) is 0 Å². The molecule has 1 aliphatic rings. The minimum Gasteiger partial charge on any atom is -0.491 e. The normalized spacial score (nSPS) is 20.6. The third-order valence-electron chi connectivity index (χ3n) is 4.02. The summed E-state index contributed by atoms with van der Waals surface area (Å²) in [7, 11) is 1.47. The number of carbonyl (C=O) groups excluding carboxylic acids is 1. The lowest BCUT2D eigenvalue weighted by molar-refractivity contribution is -0.125. The molecule has 1 fully saturated rings. The number of benzene rings is 1. The zero-order chi connectivity index (χ0) is 18.1. The van der Waals surface area contributed by atoms with E-state index in [4.69, 9.17) is 14.2 Å². The van der Waals surface area contributed by atoms with Gasteiger partial charge in [0.15, 0.2) is 0 Å². The first-order valence-electron chi connectivity index (χ1n) is 8.60. The number of rotatable bonds is 10. The Hall–Kier alpha value is -1.67. The Morgan fingerprint density at radius 3 is 2.72 bits per heavy atom. The maximum absolute atomic E-state index is 11.6. The molecule has 1 saturated heterocycles. The molecule has 7 nitrogen and oxygen atoms in total. The van der Waals surface area contributed by atoms with E-state index in [2.05, 4.69) is 10.2 Å². The lowest BCUT2D eigenvalue weighted by Crippen LogP contribution is -2.44. The number of nitrogens with one attached hydrogen (secondary N) is 1. The second-order valence-electron chi connectivity index (χ2n) is 6.06. The van der Waals surface area contributed by atoms with Gasteiger partial charge in [0.2, 0.25) is 5.91 Å². The van der Waals surface area contributed by atoms with E-state index in [1.807, 2.05) is 31.2 Å². The van der Waals surface area contributed by atoms with Crippen molar-refractivity contribution in [3.63, 3.8) is 0 Å². The topological polar surface area (TPSA) is 80.3 Å². The number of carbonyl (C=O) groups is 1. The van der Waals surface area contributed by atoms with Crippen molar-refractivity contribution < 1.29 is 24.1 Å². The zero-order valence-electron chi connectivity index (χ0n) is 14.9.